The van der Waals surface area contributed by atoms with Crippen molar-refractivity contribution in [2.75, 3.05) is 6.61 Å². The summed E-state index contributed by atoms with van der Waals surface area (Å²) in [6.07, 6.45) is 13.7. The molecule has 29 heavy (non-hydrogen) atoms. The van der Waals surface area contributed by atoms with Crippen molar-refractivity contribution in [1.29, 1.82) is 0 Å². The Morgan fingerprint density at radius 2 is 1.97 bits per heavy atom. The molecule has 1 aromatic heterocycles. The van der Waals surface area contributed by atoms with E-state index in [1.165, 1.54) is 37.7 Å². The summed E-state index contributed by atoms with van der Waals surface area (Å²) in [6.45, 7) is 10.8. The molecule has 4 nitrogen and oxygen atoms in total. The standard InChI is InChI=1S/C25H38N2O2/c1-17(16-27-13-4-12-26-27)22-9-14-29-23-21-6-5-18-15-24(2,28)10-7-19(18)20(21)8-11-25(22,23)3/h4,12-13,18-23,28H,1,5-11,14-16H2,2-3H3/t18-,19+,20?,21?,22-,23?,24-,25-/m1/s1. The smallest absolute Gasteiger partial charge is 0.0665 e. The highest BCUT2D eigenvalue weighted by Crippen LogP contribution is 2.60. The molecule has 1 aliphatic heterocycles. The highest BCUT2D eigenvalue weighted by atomic mass is 16.5. The maximum atomic E-state index is 10.6. The van der Waals surface area contributed by atoms with Crippen molar-refractivity contribution in [1.82, 2.24) is 9.78 Å². The first-order valence-electron chi connectivity index (χ1n) is 11.9. The van der Waals surface area contributed by atoms with Gasteiger partial charge >= 0.3 is 0 Å². The fourth-order valence-electron chi connectivity index (χ4n) is 7.97. The van der Waals surface area contributed by atoms with E-state index in [9.17, 15) is 5.11 Å². The molecule has 3 saturated carbocycles. The zero-order chi connectivity index (χ0) is 20.2. The Hall–Kier alpha value is -1.13. The molecule has 3 aliphatic carbocycles. The van der Waals surface area contributed by atoms with Gasteiger partial charge in [0.05, 0.1) is 18.2 Å². The molecule has 0 bridgehead atoms. The van der Waals surface area contributed by atoms with Crippen LogP contribution in [0, 0.1) is 35.0 Å². The Labute approximate surface area is 175 Å². The van der Waals surface area contributed by atoms with Crippen molar-refractivity contribution in [3.63, 3.8) is 0 Å². The number of rotatable bonds is 3. The molecule has 4 fully saturated rings. The zero-order valence-corrected chi connectivity index (χ0v) is 18.2. The van der Waals surface area contributed by atoms with E-state index in [0.29, 0.717) is 17.9 Å². The predicted molar refractivity (Wildman–Crippen MR) is 114 cm³/mol. The lowest BCUT2D eigenvalue weighted by atomic mass is 9.49. The average Bonchev–Trinajstić information content (AvgIpc) is 3.18. The fraction of sp³-hybridized carbons (Fsp3) is 0.800. The van der Waals surface area contributed by atoms with Gasteiger partial charge in [-0.3, -0.25) is 4.68 Å². The van der Waals surface area contributed by atoms with Gasteiger partial charge in [0.2, 0.25) is 0 Å². The van der Waals surface area contributed by atoms with E-state index in [-0.39, 0.29) is 5.41 Å². The van der Waals surface area contributed by atoms with E-state index in [2.05, 4.69) is 18.6 Å². The lowest BCUT2D eigenvalue weighted by Gasteiger charge is -2.60. The van der Waals surface area contributed by atoms with Crippen LogP contribution >= 0.6 is 0 Å². The highest BCUT2D eigenvalue weighted by molar-refractivity contribution is 5.14. The summed E-state index contributed by atoms with van der Waals surface area (Å²) < 4.78 is 8.59. The van der Waals surface area contributed by atoms with Gasteiger partial charge in [-0.15, -0.1) is 0 Å². The second kappa shape index (κ2) is 7.23. The van der Waals surface area contributed by atoms with Crippen LogP contribution in [-0.2, 0) is 11.3 Å². The minimum absolute atomic E-state index is 0.205. The summed E-state index contributed by atoms with van der Waals surface area (Å²) in [6, 6.07) is 1.99. The largest absolute Gasteiger partial charge is 0.390 e. The molecule has 4 heteroatoms. The second-order valence-electron chi connectivity index (χ2n) is 11.1. The predicted octanol–water partition coefficient (Wildman–Crippen LogP) is 4.84. The van der Waals surface area contributed by atoms with E-state index in [1.807, 2.05) is 30.1 Å². The normalized spacial score (nSPS) is 47.0. The van der Waals surface area contributed by atoms with Crippen LogP contribution in [0.25, 0.3) is 0 Å². The number of aliphatic hydroxyl groups is 1. The number of fused-ring (bicyclic) bond motifs is 5. The molecule has 1 saturated heterocycles. The van der Waals surface area contributed by atoms with Crippen molar-refractivity contribution in [2.24, 2.45) is 35.0 Å². The molecule has 5 rings (SSSR count). The Morgan fingerprint density at radius 3 is 2.76 bits per heavy atom. The zero-order valence-electron chi connectivity index (χ0n) is 18.2. The molecule has 1 aromatic rings. The van der Waals surface area contributed by atoms with Gasteiger partial charge in [0, 0.05) is 24.4 Å². The van der Waals surface area contributed by atoms with Gasteiger partial charge < -0.3 is 9.84 Å². The topological polar surface area (TPSA) is 47.3 Å². The van der Waals surface area contributed by atoms with Crippen LogP contribution in [0.2, 0.25) is 0 Å². The summed E-state index contributed by atoms with van der Waals surface area (Å²) in [7, 11) is 0. The number of ether oxygens (including phenoxy) is 1. The van der Waals surface area contributed by atoms with Crippen molar-refractivity contribution in [2.45, 2.75) is 83.5 Å². The van der Waals surface area contributed by atoms with Crippen LogP contribution in [0.4, 0.5) is 0 Å². The summed E-state index contributed by atoms with van der Waals surface area (Å²) in [4.78, 5) is 0. The molecule has 2 heterocycles. The monoisotopic (exact) mass is 398 g/mol. The summed E-state index contributed by atoms with van der Waals surface area (Å²) in [5.74, 6) is 3.53. The molecular weight excluding hydrogens is 360 g/mol. The molecule has 8 atom stereocenters. The minimum Gasteiger partial charge on any atom is -0.390 e. The van der Waals surface area contributed by atoms with Gasteiger partial charge in [0.25, 0.3) is 0 Å². The van der Waals surface area contributed by atoms with Crippen molar-refractivity contribution in [3.8, 4) is 0 Å². The molecule has 3 unspecified atom stereocenters. The first-order chi connectivity index (χ1) is 13.9. The van der Waals surface area contributed by atoms with Crippen LogP contribution in [0.5, 0.6) is 0 Å². The van der Waals surface area contributed by atoms with Gasteiger partial charge in [-0.2, -0.15) is 5.10 Å². The Kier molecular flexibility index (Phi) is 4.94. The lowest BCUT2D eigenvalue weighted by Crippen LogP contribution is -2.58. The van der Waals surface area contributed by atoms with Crippen LogP contribution in [-0.4, -0.2) is 33.2 Å². The second-order valence-corrected chi connectivity index (χ2v) is 11.1. The third kappa shape index (κ3) is 3.40. The highest BCUT2D eigenvalue weighted by Gasteiger charge is 2.57. The van der Waals surface area contributed by atoms with Crippen LogP contribution in [0.15, 0.2) is 30.6 Å². The van der Waals surface area contributed by atoms with E-state index in [0.717, 1.165) is 50.2 Å². The summed E-state index contributed by atoms with van der Waals surface area (Å²) >= 11 is 0. The number of hydrogen-bond acceptors (Lipinski definition) is 3. The first kappa shape index (κ1) is 19.8. The molecule has 0 spiro atoms. The third-order valence-corrected chi connectivity index (χ3v) is 9.27. The molecule has 160 valence electrons. The van der Waals surface area contributed by atoms with Gasteiger partial charge in [-0.1, -0.05) is 19.1 Å². The van der Waals surface area contributed by atoms with Crippen LogP contribution in [0.3, 0.4) is 0 Å². The maximum Gasteiger partial charge on any atom is 0.0665 e. The third-order valence-electron chi connectivity index (χ3n) is 9.27. The molecule has 0 aromatic carbocycles. The lowest BCUT2D eigenvalue weighted by molar-refractivity contribution is -0.192. The average molecular weight is 399 g/mol. The summed E-state index contributed by atoms with van der Waals surface area (Å²) in [5.41, 5.74) is 1.09. The molecular formula is C25H38N2O2. The maximum absolute atomic E-state index is 10.6. The van der Waals surface area contributed by atoms with Gasteiger partial charge in [-0.05, 0) is 93.9 Å². The van der Waals surface area contributed by atoms with E-state index >= 15 is 0 Å². The van der Waals surface area contributed by atoms with E-state index < -0.39 is 5.60 Å². The number of nitrogens with zero attached hydrogens (tertiary/aromatic N) is 2. The number of allylic oxidation sites excluding steroid dienone is 1. The van der Waals surface area contributed by atoms with Crippen molar-refractivity contribution in [3.05, 3.63) is 30.6 Å². The SMILES string of the molecule is C=C(Cn1cccn1)[C@H]1CCOC2C3CC[C@@H]4C[C@](C)(O)CC[C@@H]4C3CC[C@@]21C. The molecule has 0 amide bonds. The van der Waals surface area contributed by atoms with Crippen molar-refractivity contribution >= 4 is 0 Å². The Bertz CT molecular complexity index is 742. The quantitative estimate of drug-likeness (QED) is 0.741. The number of hydrogen-bond donors (Lipinski definition) is 1. The van der Waals surface area contributed by atoms with E-state index in [1.54, 1.807) is 0 Å². The molecule has 1 N–H and O–H groups in total. The van der Waals surface area contributed by atoms with Crippen molar-refractivity contribution < 1.29 is 9.84 Å². The molecule has 0 radical (unpaired) electrons. The molecule has 4 aliphatic rings. The fourth-order valence-corrected chi connectivity index (χ4v) is 7.97. The number of aromatic nitrogens is 2. The Balaban J connectivity index is 1.34. The Morgan fingerprint density at radius 1 is 1.14 bits per heavy atom. The van der Waals surface area contributed by atoms with Gasteiger partial charge in [-0.25, -0.2) is 0 Å². The summed E-state index contributed by atoms with van der Waals surface area (Å²) in [5, 5.41) is 15.0. The van der Waals surface area contributed by atoms with Gasteiger partial charge in [0.15, 0.2) is 0 Å². The van der Waals surface area contributed by atoms with Crippen LogP contribution in [0.1, 0.15) is 65.2 Å². The van der Waals surface area contributed by atoms with E-state index in [4.69, 9.17) is 4.74 Å². The van der Waals surface area contributed by atoms with Gasteiger partial charge in [0.1, 0.15) is 0 Å². The minimum atomic E-state index is -0.437. The van der Waals surface area contributed by atoms with Crippen LogP contribution < -0.4 is 0 Å². The first-order valence-corrected chi connectivity index (χ1v) is 11.9.